The van der Waals surface area contributed by atoms with E-state index in [1.54, 1.807) is 12.0 Å². The summed E-state index contributed by atoms with van der Waals surface area (Å²) in [4.78, 5) is 18.7. The van der Waals surface area contributed by atoms with E-state index in [-0.39, 0.29) is 11.6 Å². The molecular formula is C19H18N6O2. The summed E-state index contributed by atoms with van der Waals surface area (Å²) in [6.45, 7) is 0. The van der Waals surface area contributed by atoms with E-state index in [4.69, 9.17) is 10.5 Å². The molecule has 2 aliphatic rings. The summed E-state index contributed by atoms with van der Waals surface area (Å²) in [5.41, 5.74) is 8.92. The Morgan fingerprint density at radius 1 is 1.33 bits per heavy atom. The van der Waals surface area contributed by atoms with Crippen molar-refractivity contribution in [3.8, 4) is 11.8 Å². The Morgan fingerprint density at radius 3 is 2.74 bits per heavy atom. The predicted octanol–water partition coefficient (Wildman–Crippen LogP) is 2.12. The van der Waals surface area contributed by atoms with Gasteiger partial charge < -0.3 is 10.5 Å². The van der Waals surface area contributed by atoms with E-state index in [9.17, 15) is 10.1 Å². The highest BCUT2D eigenvalue weighted by Crippen LogP contribution is 2.45. The van der Waals surface area contributed by atoms with Crippen LogP contribution in [-0.2, 0) is 4.79 Å². The number of hydrogen-bond acceptors (Lipinski definition) is 7. The molecule has 2 aromatic rings. The van der Waals surface area contributed by atoms with E-state index in [0.29, 0.717) is 35.7 Å². The minimum absolute atomic E-state index is 0.0295. The summed E-state index contributed by atoms with van der Waals surface area (Å²) in [6.07, 6.45) is 3.23. The summed E-state index contributed by atoms with van der Waals surface area (Å²) in [7, 11) is 1.59. The molecule has 0 saturated heterocycles. The smallest absolute Gasteiger partial charge is 0.231 e. The van der Waals surface area contributed by atoms with Crippen molar-refractivity contribution in [1.82, 2.24) is 15.2 Å². The number of ketones is 1. The van der Waals surface area contributed by atoms with Crippen LogP contribution >= 0.6 is 0 Å². The van der Waals surface area contributed by atoms with Gasteiger partial charge >= 0.3 is 0 Å². The average Bonchev–Trinajstić information content (AvgIpc) is 3.21. The van der Waals surface area contributed by atoms with E-state index in [2.05, 4.69) is 21.3 Å². The van der Waals surface area contributed by atoms with Gasteiger partial charge in [0.25, 0.3) is 0 Å². The van der Waals surface area contributed by atoms with Gasteiger partial charge in [0.05, 0.1) is 24.7 Å². The second-order valence-corrected chi connectivity index (χ2v) is 6.40. The SMILES string of the molecule is COc1ccc([C@@H]2C(C#N)=C(N)N(c3ncn[nH]3)C3=C2C(=O)CCC3)cc1. The number of allylic oxidation sites excluding steroid dienone is 3. The molecule has 0 bridgehead atoms. The Hall–Kier alpha value is -3.60. The van der Waals surface area contributed by atoms with Crippen molar-refractivity contribution in [3.63, 3.8) is 0 Å². The van der Waals surface area contributed by atoms with Crippen molar-refractivity contribution in [2.45, 2.75) is 25.2 Å². The van der Waals surface area contributed by atoms with Crippen molar-refractivity contribution in [3.05, 3.63) is 58.8 Å². The molecule has 0 radical (unpaired) electrons. The predicted molar refractivity (Wildman–Crippen MR) is 97.3 cm³/mol. The molecule has 2 heterocycles. The van der Waals surface area contributed by atoms with Crippen molar-refractivity contribution < 1.29 is 9.53 Å². The average molecular weight is 362 g/mol. The monoisotopic (exact) mass is 362 g/mol. The molecule has 1 aliphatic heterocycles. The number of nitrogens with two attached hydrogens (primary N) is 1. The number of anilines is 1. The summed E-state index contributed by atoms with van der Waals surface area (Å²) in [5.74, 6) is 0.904. The third kappa shape index (κ3) is 2.64. The fraction of sp³-hybridized carbons (Fsp3) is 0.263. The number of H-pyrrole nitrogens is 1. The zero-order valence-corrected chi connectivity index (χ0v) is 14.8. The van der Waals surface area contributed by atoms with Gasteiger partial charge in [-0.3, -0.25) is 9.69 Å². The molecule has 0 fully saturated rings. The lowest BCUT2D eigenvalue weighted by Gasteiger charge is -2.38. The lowest BCUT2D eigenvalue weighted by Crippen LogP contribution is -2.39. The lowest BCUT2D eigenvalue weighted by molar-refractivity contribution is -0.116. The fourth-order valence-corrected chi connectivity index (χ4v) is 3.76. The number of nitrogens with zero attached hydrogens (tertiary/aromatic N) is 4. The van der Waals surface area contributed by atoms with Crippen molar-refractivity contribution in [1.29, 1.82) is 5.26 Å². The van der Waals surface area contributed by atoms with Gasteiger partial charge in [-0.25, -0.2) is 5.10 Å². The number of carbonyl (C=O) groups excluding carboxylic acids is 1. The number of aromatic amines is 1. The topological polar surface area (TPSA) is 121 Å². The van der Waals surface area contributed by atoms with Crippen LogP contribution in [0.5, 0.6) is 5.75 Å². The molecule has 27 heavy (non-hydrogen) atoms. The van der Waals surface area contributed by atoms with E-state index >= 15 is 0 Å². The van der Waals surface area contributed by atoms with Crippen molar-refractivity contribution >= 4 is 11.7 Å². The second kappa shape index (κ2) is 6.61. The number of carbonyl (C=O) groups is 1. The molecule has 8 heteroatoms. The Labute approximate surface area is 155 Å². The van der Waals surface area contributed by atoms with Gasteiger partial charge in [0, 0.05) is 17.7 Å². The Kier molecular flexibility index (Phi) is 4.12. The Bertz CT molecular complexity index is 982. The van der Waals surface area contributed by atoms with Crippen LogP contribution < -0.4 is 15.4 Å². The molecule has 1 aliphatic carbocycles. The molecule has 3 N–H and O–H groups in total. The summed E-state index contributed by atoms with van der Waals surface area (Å²) < 4.78 is 5.22. The summed E-state index contributed by atoms with van der Waals surface area (Å²) in [5, 5.41) is 16.5. The van der Waals surface area contributed by atoms with Crippen LogP contribution in [0.4, 0.5) is 5.95 Å². The highest BCUT2D eigenvalue weighted by atomic mass is 16.5. The number of hydrogen-bond donors (Lipinski definition) is 2. The van der Waals surface area contributed by atoms with Gasteiger partial charge in [0.1, 0.15) is 17.9 Å². The van der Waals surface area contributed by atoms with Crippen LogP contribution in [0.2, 0.25) is 0 Å². The first kappa shape index (κ1) is 16.8. The van der Waals surface area contributed by atoms with Crippen molar-refractivity contribution in [2.24, 2.45) is 5.73 Å². The molecule has 0 spiro atoms. The van der Waals surface area contributed by atoms with E-state index < -0.39 is 5.92 Å². The standard InChI is InChI=1S/C19H18N6O2/c1-27-12-7-5-11(6-8-12)16-13(9-20)18(21)25(19-22-10-23-24-19)14-3-2-4-15(26)17(14)16/h5-8,10,16H,2-4,21H2,1H3,(H,22,23,24)/t16-/m1/s1. The highest BCUT2D eigenvalue weighted by Gasteiger charge is 2.40. The number of benzene rings is 1. The number of methoxy groups -OCH3 is 1. The van der Waals surface area contributed by atoms with Crippen LogP contribution in [-0.4, -0.2) is 28.1 Å². The zero-order valence-electron chi connectivity index (χ0n) is 14.8. The van der Waals surface area contributed by atoms with Gasteiger partial charge in [0.15, 0.2) is 5.78 Å². The molecule has 8 nitrogen and oxygen atoms in total. The number of nitriles is 1. The summed E-state index contributed by atoms with van der Waals surface area (Å²) >= 11 is 0. The lowest BCUT2D eigenvalue weighted by atomic mass is 9.76. The van der Waals surface area contributed by atoms with Gasteiger partial charge in [-0.1, -0.05) is 12.1 Å². The molecule has 1 aromatic carbocycles. The molecule has 0 unspecified atom stereocenters. The number of aromatic nitrogens is 3. The number of rotatable bonds is 3. The molecule has 0 saturated carbocycles. The van der Waals surface area contributed by atoms with Crippen LogP contribution in [0.3, 0.4) is 0 Å². The summed E-state index contributed by atoms with van der Waals surface area (Å²) in [6, 6.07) is 9.57. The maximum absolute atomic E-state index is 12.9. The quantitative estimate of drug-likeness (QED) is 0.857. The zero-order chi connectivity index (χ0) is 19.0. The molecule has 136 valence electrons. The van der Waals surface area contributed by atoms with Gasteiger partial charge in [-0.15, -0.1) is 0 Å². The first-order valence-corrected chi connectivity index (χ1v) is 8.61. The maximum atomic E-state index is 12.9. The second-order valence-electron chi connectivity index (χ2n) is 6.40. The van der Waals surface area contributed by atoms with E-state index in [1.165, 1.54) is 6.33 Å². The van der Waals surface area contributed by atoms with Gasteiger partial charge in [-0.2, -0.15) is 15.3 Å². The molecule has 1 atom stereocenters. The largest absolute Gasteiger partial charge is 0.497 e. The van der Waals surface area contributed by atoms with E-state index in [0.717, 1.165) is 17.7 Å². The minimum Gasteiger partial charge on any atom is -0.497 e. The first-order valence-electron chi connectivity index (χ1n) is 8.61. The number of nitrogens with one attached hydrogen (secondary N) is 1. The maximum Gasteiger partial charge on any atom is 0.231 e. The van der Waals surface area contributed by atoms with Crippen LogP contribution in [0.25, 0.3) is 0 Å². The molecular weight excluding hydrogens is 344 g/mol. The number of ether oxygens (including phenoxy) is 1. The van der Waals surface area contributed by atoms with Gasteiger partial charge in [-0.05, 0) is 30.5 Å². The Morgan fingerprint density at radius 2 is 2.11 bits per heavy atom. The van der Waals surface area contributed by atoms with Crippen LogP contribution in [0.1, 0.15) is 30.7 Å². The fourth-order valence-electron chi connectivity index (χ4n) is 3.76. The number of Topliss-reactive ketones (excluding diaryl/α,β-unsaturated/α-hetero) is 1. The van der Waals surface area contributed by atoms with Crippen LogP contribution in [0.15, 0.2) is 53.3 Å². The van der Waals surface area contributed by atoms with Gasteiger partial charge in [0.2, 0.25) is 5.95 Å². The highest BCUT2D eigenvalue weighted by molar-refractivity contribution is 6.01. The molecule has 4 rings (SSSR count). The minimum atomic E-state index is -0.497. The van der Waals surface area contributed by atoms with Crippen LogP contribution in [0, 0.1) is 11.3 Å². The third-order valence-electron chi connectivity index (χ3n) is 4.98. The molecule has 0 amide bonds. The van der Waals surface area contributed by atoms with E-state index in [1.807, 2.05) is 24.3 Å². The first-order chi connectivity index (χ1) is 13.2. The molecule has 1 aromatic heterocycles. The normalized spacial score (nSPS) is 19.8. The third-order valence-corrected chi connectivity index (χ3v) is 4.98. The van der Waals surface area contributed by atoms with Crippen molar-refractivity contribution in [2.75, 3.05) is 12.0 Å². The Balaban J connectivity index is 1.93.